The van der Waals surface area contributed by atoms with Gasteiger partial charge in [0.25, 0.3) is 5.69 Å². The Hall–Kier alpha value is -2.34. The number of nitro benzene ring substituents is 1. The van der Waals surface area contributed by atoms with E-state index in [9.17, 15) is 10.1 Å². The molecule has 0 unspecified atom stereocenters. The number of para-hydroxylation sites is 1. The number of hydrogen-bond acceptors (Lipinski definition) is 4. The van der Waals surface area contributed by atoms with Crippen LogP contribution in [-0.2, 0) is 5.41 Å². The van der Waals surface area contributed by atoms with E-state index in [-0.39, 0.29) is 16.0 Å². The summed E-state index contributed by atoms with van der Waals surface area (Å²) in [6.07, 6.45) is 5.14. The van der Waals surface area contributed by atoms with Crippen molar-refractivity contribution >= 4 is 33.4 Å². The molecule has 2 heterocycles. The minimum absolute atomic E-state index is 0.0682. The summed E-state index contributed by atoms with van der Waals surface area (Å²) in [5, 5.41) is 11.3. The van der Waals surface area contributed by atoms with Crippen LogP contribution >= 0.6 is 15.9 Å². The molecular formula is C21H19BrN2O3. The van der Waals surface area contributed by atoms with Crippen LogP contribution in [0, 0.1) is 10.1 Å². The summed E-state index contributed by atoms with van der Waals surface area (Å²) in [6.45, 7) is 2.28. The number of nitrogens with zero attached hydrogens (tertiary/aromatic N) is 2. The number of non-ortho nitro benzene ring substituents is 1. The van der Waals surface area contributed by atoms with E-state index < -0.39 is 5.72 Å². The molecule has 0 N–H and O–H groups in total. The normalized spacial score (nSPS) is 27.7. The molecule has 1 spiro atoms. The second-order valence-electron chi connectivity index (χ2n) is 7.78. The van der Waals surface area contributed by atoms with E-state index in [0.29, 0.717) is 10.2 Å². The lowest BCUT2D eigenvalue weighted by Crippen LogP contribution is -2.63. The van der Waals surface area contributed by atoms with Crippen molar-refractivity contribution in [2.75, 3.05) is 11.9 Å². The number of halogens is 1. The maximum atomic E-state index is 11.3. The highest BCUT2D eigenvalue weighted by Crippen LogP contribution is 2.62. The standard InChI is InChI=1S/C21H19BrN2O3/c1-20-9-5-6-14-10-13-11-15(24(25)26)12-17(22)19(13)27-21(14,20)23(2)18-8-4-3-7-16(18)20/h3-4,7-8,10-12H,5-6,9H2,1-2H3/t20-,21-/m1/s1. The van der Waals surface area contributed by atoms with Crippen molar-refractivity contribution < 1.29 is 9.66 Å². The second-order valence-corrected chi connectivity index (χ2v) is 8.63. The van der Waals surface area contributed by atoms with Crippen LogP contribution in [0.5, 0.6) is 5.75 Å². The molecule has 0 saturated heterocycles. The Bertz CT molecular complexity index is 1030. The number of anilines is 1. The minimum Gasteiger partial charge on any atom is -0.461 e. The average molecular weight is 427 g/mol. The Morgan fingerprint density at radius 2 is 2.07 bits per heavy atom. The molecule has 0 aromatic heterocycles. The molecule has 2 aromatic rings. The summed E-state index contributed by atoms with van der Waals surface area (Å²) < 4.78 is 7.42. The van der Waals surface area contributed by atoms with Gasteiger partial charge in [0, 0.05) is 30.4 Å². The molecule has 27 heavy (non-hydrogen) atoms. The molecule has 1 saturated carbocycles. The van der Waals surface area contributed by atoms with E-state index >= 15 is 0 Å². The van der Waals surface area contributed by atoms with Crippen LogP contribution in [0.3, 0.4) is 0 Å². The predicted octanol–water partition coefficient (Wildman–Crippen LogP) is 5.42. The maximum Gasteiger partial charge on any atom is 0.271 e. The molecule has 0 radical (unpaired) electrons. The van der Waals surface area contributed by atoms with E-state index in [1.807, 2.05) is 0 Å². The zero-order chi connectivity index (χ0) is 19.0. The molecule has 3 aliphatic rings. The first-order valence-electron chi connectivity index (χ1n) is 9.10. The molecule has 5 nitrogen and oxygen atoms in total. The highest BCUT2D eigenvalue weighted by molar-refractivity contribution is 9.10. The molecule has 2 aliphatic heterocycles. The van der Waals surface area contributed by atoms with Gasteiger partial charge in [-0.15, -0.1) is 0 Å². The van der Waals surface area contributed by atoms with E-state index in [0.717, 1.165) is 24.8 Å². The van der Waals surface area contributed by atoms with Crippen LogP contribution in [-0.4, -0.2) is 17.7 Å². The smallest absolute Gasteiger partial charge is 0.271 e. The number of benzene rings is 2. The van der Waals surface area contributed by atoms with Gasteiger partial charge in [0.2, 0.25) is 5.72 Å². The highest BCUT2D eigenvalue weighted by Gasteiger charge is 2.64. The number of ether oxygens (including phenoxy) is 1. The van der Waals surface area contributed by atoms with Gasteiger partial charge in [-0.25, -0.2) is 0 Å². The van der Waals surface area contributed by atoms with E-state index in [2.05, 4.69) is 65.1 Å². The third-order valence-electron chi connectivity index (χ3n) is 6.49. The number of nitro groups is 1. The third kappa shape index (κ3) is 1.94. The third-order valence-corrected chi connectivity index (χ3v) is 7.07. The maximum absolute atomic E-state index is 11.3. The number of fused-ring (bicyclic) bond motifs is 3. The Morgan fingerprint density at radius 1 is 1.30 bits per heavy atom. The van der Waals surface area contributed by atoms with Crippen LogP contribution in [0.1, 0.15) is 37.3 Å². The van der Waals surface area contributed by atoms with Crippen LogP contribution in [0.2, 0.25) is 0 Å². The number of likely N-dealkylation sites (N-methyl/N-ethyl adjacent to an activating group) is 1. The lowest BCUT2D eigenvalue weighted by Gasteiger charge is -2.53. The van der Waals surface area contributed by atoms with Gasteiger partial charge in [-0.1, -0.05) is 18.2 Å². The summed E-state index contributed by atoms with van der Waals surface area (Å²) in [5.74, 6) is 0.678. The highest BCUT2D eigenvalue weighted by atomic mass is 79.9. The predicted molar refractivity (Wildman–Crippen MR) is 108 cm³/mol. The number of rotatable bonds is 1. The van der Waals surface area contributed by atoms with Gasteiger partial charge in [-0.3, -0.25) is 10.1 Å². The molecule has 2 aromatic carbocycles. The lowest BCUT2D eigenvalue weighted by atomic mass is 9.64. The first-order valence-corrected chi connectivity index (χ1v) is 9.89. The largest absolute Gasteiger partial charge is 0.461 e. The average Bonchev–Trinajstić information content (AvgIpc) is 2.85. The SMILES string of the molecule is CN1c2ccccc2[C@@]2(C)CCCC3=Cc4cc([N+](=O)[O-])cc(Br)c4O[C@@]312. The van der Waals surface area contributed by atoms with E-state index in [1.165, 1.54) is 22.9 Å². The van der Waals surface area contributed by atoms with Crippen molar-refractivity contribution in [1.82, 2.24) is 0 Å². The van der Waals surface area contributed by atoms with Gasteiger partial charge < -0.3 is 9.64 Å². The number of hydrogen-bond donors (Lipinski definition) is 0. The summed E-state index contributed by atoms with van der Waals surface area (Å²) in [7, 11) is 2.09. The van der Waals surface area contributed by atoms with Crippen LogP contribution in [0.15, 0.2) is 46.4 Å². The molecule has 0 bridgehead atoms. The van der Waals surface area contributed by atoms with Crippen LogP contribution in [0.4, 0.5) is 11.4 Å². The Balaban J connectivity index is 1.77. The van der Waals surface area contributed by atoms with Gasteiger partial charge in [0.15, 0.2) is 0 Å². The quantitative estimate of drug-likeness (QED) is 0.451. The van der Waals surface area contributed by atoms with Gasteiger partial charge in [-0.2, -0.15) is 0 Å². The van der Waals surface area contributed by atoms with E-state index in [1.54, 1.807) is 6.07 Å². The van der Waals surface area contributed by atoms with Crippen molar-refractivity contribution in [3.63, 3.8) is 0 Å². The van der Waals surface area contributed by atoms with Crippen molar-refractivity contribution in [3.8, 4) is 5.75 Å². The summed E-state index contributed by atoms with van der Waals surface area (Å²) in [4.78, 5) is 13.2. The lowest BCUT2D eigenvalue weighted by molar-refractivity contribution is -0.385. The van der Waals surface area contributed by atoms with Crippen molar-refractivity contribution in [2.24, 2.45) is 0 Å². The first-order chi connectivity index (χ1) is 12.9. The van der Waals surface area contributed by atoms with Crippen molar-refractivity contribution in [1.29, 1.82) is 0 Å². The monoisotopic (exact) mass is 426 g/mol. The first kappa shape index (κ1) is 16.8. The zero-order valence-electron chi connectivity index (χ0n) is 15.2. The summed E-state index contributed by atoms with van der Waals surface area (Å²) >= 11 is 3.51. The molecule has 1 aliphatic carbocycles. The Kier molecular flexibility index (Phi) is 3.33. The fourth-order valence-electron chi connectivity index (χ4n) is 5.30. The Morgan fingerprint density at radius 3 is 2.85 bits per heavy atom. The molecule has 2 atom stereocenters. The van der Waals surface area contributed by atoms with Crippen molar-refractivity contribution in [2.45, 2.75) is 37.3 Å². The summed E-state index contributed by atoms with van der Waals surface area (Å²) in [6, 6.07) is 11.6. The molecule has 0 amide bonds. The fraction of sp³-hybridized carbons (Fsp3) is 0.333. The van der Waals surface area contributed by atoms with Gasteiger partial charge in [0.05, 0.1) is 14.8 Å². The van der Waals surface area contributed by atoms with Crippen LogP contribution in [0.25, 0.3) is 6.08 Å². The molecule has 5 rings (SSSR count). The fourth-order valence-corrected chi connectivity index (χ4v) is 5.85. The molecule has 6 heteroatoms. The van der Waals surface area contributed by atoms with Gasteiger partial charge in [0.1, 0.15) is 5.75 Å². The van der Waals surface area contributed by atoms with E-state index in [4.69, 9.17) is 4.74 Å². The molecule has 1 fully saturated rings. The van der Waals surface area contributed by atoms with Gasteiger partial charge in [-0.05, 0) is 65.4 Å². The zero-order valence-corrected chi connectivity index (χ0v) is 16.7. The molecule has 138 valence electrons. The van der Waals surface area contributed by atoms with Gasteiger partial charge >= 0.3 is 0 Å². The minimum atomic E-state index is -0.597. The van der Waals surface area contributed by atoms with Crippen molar-refractivity contribution in [3.05, 3.63) is 67.7 Å². The van der Waals surface area contributed by atoms with Crippen LogP contribution < -0.4 is 9.64 Å². The summed E-state index contributed by atoms with van der Waals surface area (Å²) in [5.41, 5.74) is 3.75. The second kappa shape index (κ2) is 5.35. The Labute approximate surface area is 165 Å². The molecular weight excluding hydrogens is 408 g/mol. The topological polar surface area (TPSA) is 55.6 Å².